The molecule has 3 aromatic heterocycles. The van der Waals surface area contributed by atoms with Crippen molar-refractivity contribution in [1.82, 2.24) is 29.5 Å². The molecule has 4 heterocycles. The average Bonchev–Trinajstić information content (AvgIpc) is 3.35. The Balaban J connectivity index is 1.67. The van der Waals surface area contributed by atoms with Gasteiger partial charge >= 0.3 is 0 Å². The lowest BCUT2D eigenvalue weighted by Crippen LogP contribution is -2.22. The molecule has 162 valence electrons. The quantitative estimate of drug-likeness (QED) is 0.513. The van der Waals surface area contributed by atoms with Crippen molar-refractivity contribution in [2.24, 2.45) is 5.73 Å². The van der Waals surface area contributed by atoms with Gasteiger partial charge in [-0.05, 0) is 36.8 Å². The van der Waals surface area contributed by atoms with Crippen molar-refractivity contribution < 1.29 is 4.79 Å². The fourth-order valence-electron chi connectivity index (χ4n) is 4.06. The Kier molecular flexibility index (Phi) is 4.90. The number of aromatic nitrogens is 6. The number of fused-ring (bicyclic) bond motifs is 3. The zero-order chi connectivity index (χ0) is 22.4. The number of carbonyl (C=O) groups excluding carboxylic acids is 1. The van der Waals surface area contributed by atoms with E-state index in [1.807, 2.05) is 31.3 Å². The number of amides is 1. The zero-order valence-corrected chi connectivity index (χ0v) is 18.4. The molecule has 1 aliphatic heterocycles. The molecule has 1 amide bonds. The maximum absolute atomic E-state index is 11.2. The summed E-state index contributed by atoms with van der Waals surface area (Å²) < 4.78 is 3.63. The van der Waals surface area contributed by atoms with Gasteiger partial charge in [0, 0.05) is 30.4 Å². The Morgan fingerprint density at radius 1 is 1.16 bits per heavy atom. The molecule has 0 saturated carbocycles. The van der Waals surface area contributed by atoms with Crippen molar-refractivity contribution in [3.63, 3.8) is 0 Å². The molecule has 1 atom stereocenters. The Morgan fingerprint density at radius 2 is 2.00 bits per heavy atom. The van der Waals surface area contributed by atoms with Crippen LogP contribution in [-0.2, 0) is 11.3 Å². The smallest absolute Gasteiger partial charge is 0.239 e. The van der Waals surface area contributed by atoms with Gasteiger partial charge in [0.1, 0.15) is 24.0 Å². The highest BCUT2D eigenvalue weighted by Gasteiger charge is 2.29. The Morgan fingerprint density at radius 3 is 2.75 bits per heavy atom. The fourth-order valence-corrected chi connectivity index (χ4v) is 4.17. The van der Waals surface area contributed by atoms with Crippen molar-refractivity contribution in [3.05, 3.63) is 65.6 Å². The maximum atomic E-state index is 11.2. The molecule has 0 radical (unpaired) electrons. The van der Waals surface area contributed by atoms with E-state index in [1.54, 1.807) is 12.4 Å². The van der Waals surface area contributed by atoms with Gasteiger partial charge in [0.05, 0.1) is 22.6 Å². The van der Waals surface area contributed by atoms with Crippen LogP contribution in [0.5, 0.6) is 0 Å². The van der Waals surface area contributed by atoms with Gasteiger partial charge in [0.25, 0.3) is 0 Å². The number of nitrogens with zero attached hydrogens (tertiary/aromatic N) is 7. The van der Waals surface area contributed by atoms with Crippen LogP contribution in [0.4, 0.5) is 11.5 Å². The third-order valence-corrected chi connectivity index (χ3v) is 5.75. The first-order chi connectivity index (χ1) is 15.4. The molecular formula is C22H21ClN8O. The molecule has 9 nitrogen and oxygen atoms in total. The van der Waals surface area contributed by atoms with Crippen LogP contribution in [0.2, 0.25) is 5.02 Å². The van der Waals surface area contributed by atoms with E-state index in [0.717, 1.165) is 40.0 Å². The van der Waals surface area contributed by atoms with Gasteiger partial charge in [0.15, 0.2) is 0 Å². The topological polar surface area (TPSA) is 108 Å². The van der Waals surface area contributed by atoms with Crippen LogP contribution in [0.3, 0.4) is 0 Å². The number of hydrogen-bond donors (Lipinski definition) is 1. The first-order valence-corrected chi connectivity index (χ1v) is 10.5. The first kappa shape index (κ1) is 20.2. The predicted molar refractivity (Wildman–Crippen MR) is 121 cm³/mol. The van der Waals surface area contributed by atoms with Gasteiger partial charge in [-0.15, -0.1) is 10.2 Å². The number of anilines is 2. The second-order valence-electron chi connectivity index (χ2n) is 7.88. The van der Waals surface area contributed by atoms with Crippen molar-refractivity contribution in [2.45, 2.75) is 26.3 Å². The summed E-state index contributed by atoms with van der Waals surface area (Å²) in [6, 6.07) is 9.92. The van der Waals surface area contributed by atoms with Crippen LogP contribution < -0.4 is 10.6 Å². The summed E-state index contributed by atoms with van der Waals surface area (Å²) in [7, 11) is 0. The number of aryl methyl sites for hydroxylation is 1. The SMILES string of the molecule is Cc1nnc2n1-c1ccc(-c3cnn(CC(N)=O)c3)cc1N(c1ccc(Cl)cn1)CC2C. The number of primary amides is 1. The normalized spacial score (nSPS) is 15.2. The number of rotatable bonds is 4. The van der Waals surface area contributed by atoms with Crippen LogP contribution >= 0.6 is 11.6 Å². The first-order valence-electron chi connectivity index (χ1n) is 10.2. The summed E-state index contributed by atoms with van der Waals surface area (Å²) in [6.45, 7) is 4.78. The second kappa shape index (κ2) is 7.76. The number of halogens is 1. The lowest BCUT2D eigenvalue weighted by molar-refractivity contribution is -0.118. The molecule has 5 rings (SSSR count). The van der Waals surface area contributed by atoms with Crippen LogP contribution in [-0.4, -0.2) is 42.0 Å². The molecule has 0 fully saturated rings. The molecule has 32 heavy (non-hydrogen) atoms. The molecule has 2 N–H and O–H groups in total. The maximum Gasteiger partial charge on any atom is 0.239 e. The third-order valence-electron chi connectivity index (χ3n) is 5.53. The fraction of sp³-hybridized carbons (Fsp3) is 0.227. The third kappa shape index (κ3) is 3.50. The summed E-state index contributed by atoms with van der Waals surface area (Å²) in [4.78, 5) is 18.0. The van der Waals surface area contributed by atoms with E-state index in [-0.39, 0.29) is 12.5 Å². The van der Waals surface area contributed by atoms with E-state index in [2.05, 4.69) is 48.8 Å². The lowest BCUT2D eigenvalue weighted by atomic mass is 10.1. The van der Waals surface area contributed by atoms with Gasteiger partial charge in [-0.2, -0.15) is 5.10 Å². The molecule has 0 spiro atoms. The van der Waals surface area contributed by atoms with Gasteiger partial charge in [-0.3, -0.25) is 14.0 Å². The Labute approximate surface area is 189 Å². The summed E-state index contributed by atoms with van der Waals surface area (Å²) >= 11 is 6.09. The summed E-state index contributed by atoms with van der Waals surface area (Å²) in [6.07, 6.45) is 5.19. The largest absolute Gasteiger partial charge is 0.368 e. The summed E-state index contributed by atoms with van der Waals surface area (Å²) in [5.74, 6) is 2.19. The van der Waals surface area contributed by atoms with Crippen LogP contribution in [0, 0.1) is 6.92 Å². The zero-order valence-electron chi connectivity index (χ0n) is 17.6. The van der Waals surface area contributed by atoms with Gasteiger partial charge in [0.2, 0.25) is 5.91 Å². The molecule has 0 aliphatic carbocycles. The minimum atomic E-state index is -0.439. The molecule has 10 heteroatoms. The van der Waals surface area contributed by atoms with Gasteiger partial charge in [-0.1, -0.05) is 24.6 Å². The molecule has 1 aliphatic rings. The van der Waals surface area contributed by atoms with Gasteiger partial charge < -0.3 is 10.6 Å². The molecule has 4 aromatic rings. The van der Waals surface area contributed by atoms with E-state index in [0.29, 0.717) is 11.6 Å². The van der Waals surface area contributed by atoms with E-state index in [4.69, 9.17) is 17.3 Å². The minimum absolute atomic E-state index is 0.0343. The summed E-state index contributed by atoms with van der Waals surface area (Å²) in [5, 5.41) is 13.6. The van der Waals surface area contributed by atoms with Crippen LogP contribution in [0.15, 0.2) is 48.9 Å². The van der Waals surface area contributed by atoms with E-state index in [1.165, 1.54) is 4.68 Å². The van der Waals surface area contributed by atoms with Crippen LogP contribution in [0.1, 0.15) is 24.5 Å². The number of hydrogen-bond acceptors (Lipinski definition) is 6. The highest BCUT2D eigenvalue weighted by Crippen LogP contribution is 2.39. The predicted octanol–water partition coefficient (Wildman–Crippen LogP) is 3.23. The number of carbonyl (C=O) groups is 1. The molecule has 1 unspecified atom stereocenters. The van der Waals surface area contributed by atoms with Crippen molar-refractivity contribution in [2.75, 3.05) is 11.4 Å². The average molecular weight is 449 g/mol. The lowest BCUT2D eigenvalue weighted by Gasteiger charge is -2.26. The van der Waals surface area contributed by atoms with Crippen LogP contribution in [0.25, 0.3) is 16.8 Å². The Bertz CT molecular complexity index is 1310. The second-order valence-corrected chi connectivity index (χ2v) is 8.32. The van der Waals surface area contributed by atoms with Crippen molar-refractivity contribution in [1.29, 1.82) is 0 Å². The number of nitrogens with two attached hydrogens (primary N) is 1. The highest BCUT2D eigenvalue weighted by atomic mass is 35.5. The molecule has 1 aromatic carbocycles. The standard InChI is InChI=1S/C22H21ClN8O/c1-13-10-30(21-6-4-17(23)9-25-21)19-7-15(16-8-26-29(11-16)12-20(24)32)3-5-18(19)31-14(2)27-28-22(13)31/h3-9,11,13H,10,12H2,1-2H3,(H2,24,32). The monoisotopic (exact) mass is 448 g/mol. The molecular weight excluding hydrogens is 428 g/mol. The highest BCUT2D eigenvalue weighted by molar-refractivity contribution is 6.30. The van der Waals surface area contributed by atoms with Crippen molar-refractivity contribution in [3.8, 4) is 16.8 Å². The van der Waals surface area contributed by atoms with Crippen molar-refractivity contribution >= 4 is 29.0 Å². The van der Waals surface area contributed by atoms with E-state index >= 15 is 0 Å². The van der Waals surface area contributed by atoms with E-state index < -0.39 is 5.91 Å². The van der Waals surface area contributed by atoms with Gasteiger partial charge in [-0.25, -0.2) is 4.98 Å². The summed E-state index contributed by atoms with van der Waals surface area (Å²) in [5.41, 5.74) is 9.08. The Hall–Kier alpha value is -3.72. The van der Waals surface area contributed by atoms with E-state index in [9.17, 15) is 4.79 Å². The minimum Gasteiger partial charge on any atom is -0.368 e. The number of benzene rings is 1. The number of pyridine rings is 1. The molecule has 0 bridgehead atoms. The molecule has 0 saturated heterocycles.